The monoisotopic (exact) mass is 341 g/mol. The van der Waals surface area contributed by atoms with E-state index < -0.39 is 0 Å². The van der Waals surface area contributed by atoms with Crippen molar-refractivity contribution in [2.45, 2.75) is 13.8 Å². The van der Waals surface area contributed by atoms with Gasteiger partial charge >= 0.3 is 0 Å². The van der Waals surface area contributed by atoms with Gasteiger partial charge in [-0.15, -0.1) is 0 Å². The Bertz CT molecular complexity index is 727. The van der Waals surface area contributed by atoms with Gasteiger partial charge in [0.1, 0.15) is 0 Å². The average Bonchev–Trinajstić information content (AvgIpc) is 3.08. The van der Waals surface area contributed by atoms with Crippen LogP contribution in [0.5, 0.6) is 0 Å². The predicted octanol–water partition coefficient (Wildman–Crippen LogP) is 2.29. The first-order chi connectivity index (χ1) is 12.0. The molecule has 2 aromatic rings. The molecule has 0 spiro atoms. The number of nitrogens with zero attached hydrogens (tertiary/aromatic N) is 2. The summed E-state index contributed by atoms with van der Waals surface area (Å²) in [6, 6.07) is 9.38. The van der Waals surface area contributed by atoms with Gasteiger partial charge in [-0.05, 0) is 49.2 Å². The molecular formula is C19H23N3O3. The number of amides is 2. The van der Waals surface area contributed by atoms with Gasteiger partial charge in [-0.2, -0.15) is 0 Å². The summed E-state index contributed by atoms with van der Waals surface area (Å²) in [5.41, 5.74) is 3.08. The minimum atomic E-state index is -0.0932. The molecule has 2 amide bonds. The third kappa shape index (κ3) is 4.48. The molecule has 1 aliphatic rings. The van der Waals surface area contributed by atoms with Gasteiger partial charge in [0.25, 0.3) is 5.91 Å². The van der Waals surface area contributed by atoms with E-state index in [0.29, 0.717) is 38.5 Å². The van der Waals surface area contributed by atoms with Crippen LogP contribution in [0.25, 0.3) is 0 Å². The number of benzene rings is 1. The van der Waals surface area contributed by atoms with E-state index in [1.54, 1.807) is 17.0 Å². The molecule has 0 radical (unpaired) electrons. The van der Waals surface area contributed by atoms with Crippen LogP contribution in [0.4, 0.5) is 5.69 Å². The van der Waals surface area contributed by atoms with E-state index in [0.717, 1.165) is 16.8 Å². The molecule has 1 aliphatic heterocycles. The number of nitrogens with one attached hydrogen (secondary N) is 1. The lowest BCUT2D eigenvalue weighted by Gasteiger charge is -2.33. The van der Waals surface area contributed by atoms with Crippen LogP contribution < -0.4 is 5.32 Å². The summed E-state index contributed by atoms with van der Waals surface area (Å²) in [5.74, 6) is 0.237. The van der Waals surface area contributed by atoms with Crippen LogP contribution in [-0.4, -0.2) is 54.3 Å². The first kappa shape index (κ1) is 17.2. The van der Waals surface area contributed by atoms with Crippen LogP contribution in [0.15, 0.2) is 41.0 Å². The summed E-state index contributed by atoms with van der Waals surface area (Å²) >= 11 is 0. The van der Waals surface area contributed by atoms with Gasteiger partial charge in [0, 0.05) is 31.9 Å². The van der Waals surface area contributed by atoms with Crippen LogP contribution in [0.2, 0.25) is 0 Å². The normalized spacial score (nSPS) is 15.2. The number of hydrogen-bond donors (Lipinski definition) is 1. The van der Waals surface area contributed by atoms with Gasteiger partial charge in [0.05, 0.1) is 12.8 Å². The molecule has 0 bridgehead atoms. The number of hydrogen-bond acceptors (Lipinski definition) is 4. The molecule has 1 aromatic heterocycles. The number of carbonyl (C=O) groups excluding carboxylic acids is 2. The van der Waals surface area contributed by atoms with Crippen molar-refractivity contribution in [3.8, 4) is 0 Å². The maximum absolute atomic E-state index is 12.3. The molecule has 0 atom stereocenters. The third-order valence-corrected chi connectivity index (χ3v) is 4.26. The Hall–Kier alpha value is -2.60. The number of aryl methyl sites for hydroxylation is 2. The Kier molecular flexibility index (Phi) is 5.19. The Morgan fingerprint density at radius 1 is 1.08 bits per heavy atom. The second-order valence-electron chi connectivity index (χ2n) is 6.47. The highest BCUT2D eigenvalue weighted by molar-refractivity contribution is 5.93. The second kappa shape index (κ2) is 7.53. The van der Waals surface area contributed by atoms with E-state index in [9.17, 15) is 9.59 Å². The Morgan fingerprint density at radius 3 is 2.36 bits per heavy atom. The summed E-state index contributed by atoms with van der Waals surface area (Å²) in [5, 5.41) is 2.95. The van der Waals surface area contributed by atoms with Crippen molar-refractivity contribution >= 4 is 17.5 Å². The topological polar surface area (TPSA) is 65.8 Å². The zero-order valence-corrected chi connectivity index (χ0v) is 14.6. The van der Waals surface area contributed by atoms with Crippen LogP contribution in [0.1, 0.15) is 21.7 Å². The fourth-order valence-electron chi connectivity index (χ4n) is 3.12. The molecular weight excluding hydrogens is 318 g/mol. The molecule has 1 aromatic carbocycles. The van der Waals surface area contributed by atoms with E-state index in [1.807, 2.05) is 26.0 Å². The first-order valence-corrected chi connectivity index (χ1v) is 8.44. The minimum absolute atomic E-state index is 0.0317. The quantitative estimate of drug-likeness (QED) is 0.927. The lowest BCUT2D eigenvalue weighted by atomic mass is 10.1. The molecule has 25 heavy (non-hydrogen) atoms. The second-order valence-corrected chi connectivity index (χ2v) is 6.47. The number of carbonyl (C=O) groups is 2. The Labute approximate surface area is 147 Å². The molecule has 2 heterocycles. The van der Waals surface area contributed by atoms with E-state index >= 15 is 0 Å². The fraction of sp³-hybridized carbons (Fsp3) is 0.368. The lowest BCUT2D eigenvalue weighted by molar-refractivity contribution is -0.117. The minimum Gasteiger partial charge on any atom is -0.459 e. The van der Waals surface area contributed by atoms with Crippen molar-refractivity contribution in [2.24, 2.45) is 0 Å². The molecule has 6 nitrogen and oxygen atoms in total. The molecule has 0 aliphatic carbocycles. The van der Waals surface area contributed by atoms with Gasteiger partial charge in [0.2, 0.25) is 5.91 Å². The SMILES string of the molecule is Cc1cc(C)cc(NC(=O)CN2CCN(C(=O)c3ccco3)CC2)c1. The van der Waals surface area contributed by atoms with E-state index in [1.165, 1.54) is 6.26 Å². The summed E-state index contributed by atoms with van der Waals surface area (Å²) in [4.78, 5) is 28.3. The molecule has 0 unspecified atom stereocenters. The van der Waals surface area contributed by atoms with Crippen LogP contribution in [-0.2, 0) is 4.79 Å². The van der Waals surface area contributed by atoms with E-state index in [4.69, 9.17) is 4.42 Å². The number of piperazine rings is 1. The molecule has 132 valence electrons. The predicted molar refractivity (Wildman–Crippen MR) is 95.6 cm³/mol. The van der Waals surface area contributed by atoms with Crippen molar-refractivity contribution in [3.63, 3.8) is 0 Å². The fourth-order valence-corrected chi connectivity index (χ4v) is 3.12. The highest BCUT2D eigenvalue weighted by Gasteiger charge is 2.24. The summed E-state index contributed by atoms with van der Waals surface area (Å²) in [6.45, 7) is 6.89. The maximum atomic E-state index is 12.3. The highest BCUT2D eigenvalue weighted by Crippen LogP contribution is 2.14. The van der Waals surface area contributed by atoms with Crippen LogP contribution in [0, 0.1) is 13.8 Å². The standard InChI is InChI=1S/C19H23N3O3/c1-14-10-15(2)12-16(11-14)20-18(23)13-21-5-7-22(8-6-21)19(24)17-4-3-9-25-17/h3-4,9-12H,5-8,13H2,1-2H3,(H,20,23). The summed E-state index contributed by atoms with van der Waals surface area (Å²) < 4.78 is 5.16. The maximum Gasteiger partial charge on any atom is 0.289 e. The van der Waals surface area contributed by atoms with Crippen molar-refractivity contribution in [1.82, 2.24) is 9.80 Å². The Balaban J connectivity index is 1.48. The van der Waals surface area contributed by atoms with Crippen LogP contribution >= 0.6 is 0 Å². The number of furan rings is 1. The van der Waals surface area contributed by atoms with Gasteiger partial charge in [-0.25, -0.2) is 0 Å². The van der Waals surface area contributed by atoms with E-state index in [2.05, 4.69) is 16.3 Å². The van der Waals surface area contributed by atoms with Crippen LogP contribution in [0.3, 0.4) is 0 Å². The molecule has 1 saturated heterocycles. The zero-order chi connectivity index (χ0) is 17.8. The van der Waals surface area contributed by atoms with Gasteiger partial charge in [0.15, 0.2) is 5.76 Å². The molecule has 0 saturated carbocycles. The number of anilines is 1. The van der Waals surface area contributed by atoms with Gasteiger partial charge in [-0.1, -0.05) is 6.07 Å². The van der Waals surface area contributed by atoms with Gasteiger partial charge in [-0.3, -0.25) is 14.5 Å². The van der Waals surface area contributed by atoms with Crippen molar-refractivity contribution in [1.29, 1.82) is 0 Å². The third-order valence-electron chi connectivity index (χ3n) is 4.26. The Morgan fingerprint density at radius 2 is 1.76 bits per heavy atom. The van der Waals surface area contributed by atoms with Crippen molar-refractivity contribution in [3.05, 3.63) is 53.5 Å². The highest BCUT2D eigenvalue weighted by atomic mass is 16.3. The van der Waals surface area contributed by atoms with E-state index in [-0.39, 0.29) is 11.8 Å². The van der Waals surface area contributed by atoms with Crippen molar-refractivity contribution < 1.29 is 14.0 Å². The van der Waals surface area contributed by atoms with Crippen molar-refractivity contribution in [2.75, 3.05) is 38.0 Å². The zero-order valence-electron chi connectivity index (χ0n) is 14.6. The number of rotatable bonds is 4. The average molecular weight is 341 g/mol. The molecule has 3 rings (SSSR count). The molecule has 6 heteroatoms. The molecule has 1 fully saturated rings. The largest absolute Gasteiger partial charge is 0.459 e. The van der Waals surface area contributed by atoms with Gasteiger partial charge < -0.3 is 14.6 Å². The summed E-state index contributed by atoms with van der Waals surface area (Å²) in [6.07, 6.45) is 1.50. The lowest BCUT2D eigenvalue weighted by Crippen LogP contribution is -2.50. The smallest absolute Gasteiger partial charge is 0.289 e. The summed E-state index contributed by atoms with van der Waals surface area (Å²) in [7, 11) is 0. The first-order valence-electron chi connectivity index (χ1n) is 8.44. The molecule has 1 N–H and O–H groups in total.